The van der Waals surface area contributed by atoms with Crippen molar-refractivity contribution in [3.63, 3.8) is 0 Å². The number of carbonyl (C=O) groups excluding carboxylic acids is 1. The minimum atomic E-state index is -0.368. The Labute approximate surface area is 171 Å². The number of fused-ring (bicyclic) bond motifs is 2. The van der Waals surface area contributed by atoms with Gasteiger partial charge in [0.1, 0.15) is 5.82 Å². The van der Waals surface area contributed by atoms with Gasteiger partial charge in [-0.05, 0) is 62.1 Å². The topological polar surface area (TPSA) is 76.4 Å². The summed E-state index contributed by atoms with van der Waals surface area (Å²) in [5, 5.41) is 5.94. The van der Waals surface area contributed by atoms with E-state index < -0.39 is 0 Å². The van der Waals surface area contributed by atoms with E-state index in [2.05, 4.69) is 10.6 Å². The molecule has 1 aromatic carbocycles. The summed E-state index contributed by atoms with van der Waals surface area (Å²) < 4.78 is 19.8. The Morgan fingerprint density at radius 2 is 2.00 bits per heavy atom. The predicted octanol–water partition coefficient (Wildman–Crippen LogP) is 3.57. The standard InChI is InChI=1S/C19H26FN3O2.2ClH/c20-15-9-13(5-6-16(15)22-10-14-2-1-7-25-14)23-19(24)17-11-3-4-12(8-11)18(17)21;;/h5-6,9,11-12,14,17-18,22H,1-4,7-8,10,21H2,(H,23,24);2*1H. The number of hydrogen-bond donors (Lipinski definition) is 3. The highest BCUT2D eigenvalue weighted by Crippen LogP contribution is 2.47. The number of amides is 1. The largest absolute Gasteiger partial charge is 0.380 e. The van der Waals surface area contributed by atoms with Gasteiger partial charge in [0.2, 0.25) is 5.91 Å². The maximum absolute atomic E-state index is 14.3. The van der Waals surface area contributed by atoms with Gasteiger partial charge in [0.25, 0.3) is 0 Å². The molecule has 0 aromatic heterocycles. The quantitative estimate of drug-likeness (QED) is 0.681. The molecule has 1 heterocycles. The van der Waals surface area contributed by atoms with E-state index in [1.807, 2.05) is 0 Å². The lowest BCUT2D eigenvalue weighted by molar-refractivity contribution is -0.121. The Hall–Kier alpha value is -1.08. The third-order valence-electron chi connectivity index (χ3n) is 6.06. The van der Waals surface area contributed by atoms with Gasteiger partial charge in [-0.1, -0.05) is 0 Å². The molecule has 1 aliphatic heterocycles. The molecule has 5 nitrogen and oxygen atoms in total. The number of carbonyl (C=O) groups is 1. The van der Waals surface area contributed by atoms with Crippen LogP contribution in [-0.2, 0) is 9.53 Å². The van der Waals surface area contributed by atoms with E-state index in [0.29, 0.717) is 29.8 Å². The summed E-state index contributed by atoms with van der Waals surface area (Å²) in [5.74, 6) is 0.283. The second-order valence-corrected chi connectivity index (χ2v) is 7.64. The third-order valence-corrected chi connectivity index (χ3v) is 6.06. The highest BCUT2D eigenvalue weighted by Gasteiger charge is 2.49. The molecule has 5 atom stereocenters. The summed E-state index contributed by atoms with van der Waals surface area (Å²) in [5.41, 5.74) is 7.14. The zero-order chi connectivity index (χ0) is 17.4. The van der Waals surface area contributed by atoms with Gasteiger partial charge in [-0.2, -0.15) is 0 Å². The molecule has 0 radical (unpaired) electrons. The normalized spacial score (nSPS) is 31.1. The fraction of sp³-hybridized carbons (Fsp3) is 0.632. The van der Waals surface area contributed by atoms with Crippen molar-refractivity contribution in [3.05, 3.63) is 24.0 Å². The Kier molecular flexibility index (Phi) is 7.74. The van der Waals surface area contributed by atoms with Crippen LogP contribution in [0.3, 0.4) is 0 Å². The maximum Gasteiger partial charge on any atom is 0.229 e. The fourth-order valence-corrected chi connectivity index (χ4v) is 4.72. The van der Waals surface area contributed by atoms with Gasteiger partial charge in [-0.15, -0.1) is 24.8 Å². The van der Waals surface area contributed by atoms with Gasteiger partial charge in [0, 0.05) is 24.9 Å². The predicted molar refractivity (Wildman–Crippen MR) is 109 cm³/mol. The van der Waals surface area contributed by atoms with Crippen molar-refractivity contribution in [1.82, 2.24) is 0 Å². The SMILES string of the molecule is Cl.Cl.NC1C2CCC(C2)C1C(=O)Nc1ccc(NCC2CCCO2)c(F)c1. The minimum Gasteiger partial charge on any atom is -0.380 e. The molecular formula is C19H28Cl2FN3O2. The first-order chi connectivity index (χ1) is 12.1. The molecule has 1 amide bonds. The second-order valence-electron chi connectivity index (χ2n) is 7.64. The average Bonchev–Trinajstić information content (AvgIpc) is 3.31. The Bertz CT molecular complexity index is 656. The monoisotopic (exact) mass is 419 g/mol. The second kappa shape index (κ2) is 9.41. The molecule has 2 aliphatic carbocycles. The van der Waals surface area contributed by atoms with E-state index >= 15 is 0 Å². The molecule has 5 unspecified atom stereocenters. The van der Waals surface area contributed by atoms with Gasteiger partial charge in [-0.25, -0.2) is 4.39 Å². The first-order valence-corrected chi connectivity index (χ1v) is 9.33. The van der Waals surface area contributed by atoms with E-state index in [-0.39, 0.29) is 54.6 Å². The zero-order valence-corrected chi connectivity index (χ0v) is 16.8. The van der Waals surface area contributed by atoms with Gasteiger partial charge in [0.05, 0.1) is 17.7 Å². The summed E-state index contributed by atoms with van der Waals surface area (Å²) in [6.07, 6.45) is 5.49. The van der Waals surface area contributed by atoms with Crippen LogP contribution in [0.4, 0.5) is 15.8 Å². The molecule has 3 aliphatic rings. The fourth-order valence-electron chi connectivity index (χ4n) is 4.72. The molecule has 4 N–H and O–H groups in total. The first kappa shape index (κ1) is 22.2. The first-order valence-electron chi connectivity index (χ1n) is 9.33. The van der Waals surface area contributed by atoms with Crippen molar-refractivity contribution in [2.45, 2.75) is 44.2 Å². The lowest BCUT2D eigenvalue weighted by Gasteiger charge is -2.27. The number of benzene rings is 1. The van der Waals surface area contributed by atoms with Crippen molar-refractivity contribution in [3.8, 4) is 0 Å². The van der Waals surface area contributed by atoms with E-state index in [1.165, 1.54) is 6.07 Å². The van der Waals surface area contributed by atoms with E-state index in [9.17, 15) is 9.18 Å². The van der Waals surface area contributed by atoms with Crippen molar-refractivity contribution in [1.29, 1.82) is 0 Å². The minimum absolute atomic E-state index is 0. The van der Waals surface area contributed by atoms with Crippen LogP contribution < -0.4 is 16.4 Å². The Balaban J connectivity index is 0.00000131. The van der Waals surface area contributed by atoms with Crippen LogP contribution in [0.15, 0.2) is 18.2 Å². The van der Waals surface area contributed by atoms with Gasteiger partial charge in [-0.3, -0.25) is 4.79 Å². The molecule has 2 saturated carbocycles. The van der Waals surface area contributed by atoms with Crippen molar-refractivity contribution >= 4 is 42.1 Å². The number of ether oxygens (including phenoxy) is 1. The molecule has 8 heteroatoms. The molecule has 1 saturated heterocycles. The number of hydrogen-bond acceptors (Lipinski definition) is 4. The van der Waals surface area contributed by atoms with Crippen LogP contribution in [0.5, 0.6) is 0 Å². The summed E-state index contributed by atoms with van der Waals surface area (Å²) in [4.78, 5) is 12.6. The van der Waals surface area contributed by atoms with Gasteiger partial charge >= 0.3 is 0 Å². The third kappa shape index (κ3) is 4.67. The van der Waals surface area contributed by atoms with Crippen LogP contribution in [-0.4, -0.2) is 31.2 Å². The zero-order valence-electron chi connectivity index (χ0n) is 15.2. The molecule has 2 bridgehead atoms. The van der Waals surface area contributed by atoms with Crippen molar-refractivity contribution in [2.75, 3.05) is 23.8 Å². The van der Waals surface area contributed by atoms with E-state index in [0.717, 1.165) is 38.7 Å². The highest BCUT2D eigenvalue weighted by molar-refractivity contribution is 5.93. The summed E-state index contributed by atoms with van der Waals surface area (Å²) >= 11 is 0. The molecule has 1 aromatic rings. The van der Waals surface area contributed by atoms with Crippen molar-refractivity contribution in [2.24, 2.45) is 23.5 Å². The van der Waals surface area contributed by atoms with Gasteiger partial charge in [0.15, 0.2) is 0 Å². The smallest absolute Gasteiger partial charge is 0.229 e. The summed E-state index contributed by atoms with van der Waals surface area (Å²) in [7, 11) is 0. The summed E-state index contributed by atoms with van der Waals surface area (Å²) in [6, 6.07) is 4.71. The van der Waals surface area contributed by atoms with Crippen LogP contribution >= 0.6 is 24.8 Å². The molecule has 4 rings (SSSR count). The Morgan fingerprint density at radius 1 is 1.22 bits per heavy atom. The molecular weight excluding hydrogens is 392 g/mol. The molecule has 152 valence electrons. The number of halogens is 3. The number of nitrogens with two attached hydrogens (primary N) is 1. The number of rotatable bonds is 5. The van der Waals surface area contributed by atoms with Gasteiger partial charge < -0.3 is 21.1 Å². The lowest BCUT2D eigenvalue weighted by Crippen LogP contribution is -2.42. The van der Waals surface area contributed by atoms with Crippen molar-refractivity contribution < 1.29 is 13.9 Å². The molecule has 3 fully saturated rings. The number of anilines is 2. The number of nitrogens with one attached hydrogen (secondary N) is 2. The Morgan fingerprint density at radius 3 is 2.63 bits per heavy atom. The van der Waals surface area contributed by atoms with Crippen LogP contribution in [0.1, 0.15) is 32.1 Å². The van der Waals surface area contributed by atoms with E-state index in [4.69, 9.17) is 10.5 Å². The maximum atomic E-state index is 14.3. The van der Waals surface area contributed by atoms with Crippen LogP contribution in [0, 0.1) is 23.6 Å². The molecule has 27 heavy (non-hydrogen) atoms. The average molecular weight is 420 g/mol. The van der Waals surface area contributed by atoms with Crippen LogP contribution in [0.2, 0.25) is 0 Å². The highest BCUT2D eigenvalue weighted by atomic mass is 35.5. The lowest BCUT2D eigenvalue weighted by atomic mass is 9.84. The van der Waals surface area contributed by atoms with E-state index in [1.54, 1.807) is 12.1 Å². The van der Waals surface area contributed by atoms with Crippen LogP contribution in [0.25, 0.3) is 0 Å². The molecule has 0 spiro atoms. The summed E-state index contributed by atoms with van der Waals surface area (Å²) in [6.45, 7) is 1.38.